The van der Waals surface area contributed by atoms with Crippen LogP contribution in [0.25, 0.3) is 0 Å². The first-order chi connectivity index (χ1) is 9.35. The highest BCUT2D eigenvalue weighted by Crippen LogP contribution is 2.60. The maximum absolute atomic E-state index is 12.1. The SMILES string of the molecule is CC1(C)[C@@H](C(=O)OCc2ccccc2)[C@@H]1C(=O)C(Cl)Cl. The normalized spacial score (nSPS) is 23.4. The number of rotatable bonds is 5. The van der Waals surface area contributed by atoms with Gasteiger partial charge < -0.3 is 4.74 Å². The van der Waals surface area contributed by atoms with Gasteiger partial charge in [-0.05, 0) is 11.0 Å². The molecule has 0 amide bonds. The maximum atomic E-state index is 12.1. The molecule has 20 heavy (non-hydrogen) atoms. The summed E-state index contributed by atoms with van der Waals surface area (Å²) in [5.74, 6) is -1.59. The average Bonchev–Trinajstić information content (AvgIpc) is 2.99. The Bertz CT molecular complexity index is 511. The third-order valence-corrected chi connectivity index (χ3v) is 4.26. The van der Waals surface area contributed by atoms with E-state index in [0.29, 0.717) is 0 Å². The molecular weight excluding hydrogens is 299 g/mol. The lowest BCUT2D eigenvalue weighted by molar-refractivity contribution is -0.148. The van der Waals surface area contributed by atoms with E-state index in [4.69, 9.17) is 27.9 Å². The quantitative estimate of drug-likeness (QED) is 0.618. The Morgan fingerprint density at radius 1 is 1.20 bits per heavy atom. The topological polar surface area (TPSA) is 43.4 Å². The summed E-state index contributed by atoms with van der Waals surface area (Å²) in [6.07, 6.45) is 0. The fourth-order valence-corrected chi connectivity index (χ4v) is 2.83. The fourth-order valence-electron chi connectivity index (χ4n) is 2.56. The zero-order chi connectivity index (χ0) is 14.9. The zero-order valence-corrected chi connectivity index (χ0v) is 12.8. The van der Waals surface area contributed by atoms with Crippen LogP contribution in [-0.2, 0) is 20.9 Å². The van der Waals surface area contributed by atoms with Crippen LogP contribution in [0.5, 0.6) is 0 Å². The molecule has 1 aromatic rings. The molecule has 1 aromatic carbocycles. The summed E-state index contributed by atoms with van der Waals surface area (Å²) in [7, 11) is 0. The lowest BCUT2D eigenvalue weighted by Gasteiger charge is -2.05. The van der Waals surface area contributed by atoms with Gasteiger partial charge in [0.1, 0.15) is 6.61 Å². The largest absolute Gasteiger partial charge is 0.461 e. The van der Waals surface area contributed by atoms with Gasteiger partial charge in [-0.3, -0.25) is 9.59 Å². The maximum Gasteiger partial charge on any atom is 0.310 e. The smallest absolute Gasteiger partial charge is 0.310 e. The minimum absolute atomic E-state index is 0.207. The molecule has 2 atom stereocenters. The zero-order valence-electron chi connectivity index (χ0n) is 11.3. The second-order valence-electron chi connectivity index (χ2n) is 5.57. The first-order valence-electron chi connectivity index (χ1n) is 6.38. The molecule has 0 radical (unpaired) electrons. The van der Waals surface area contributed by atoms with Crippen molar-refractivity contribution >= 4 is 35.0 Å². The Balaban J connectivity index is 1.95. The molecule has 0 aromatic heterocycles. The molecule has 1 aliphatic rings. The van der Waals surface area contributed by atoms with Crippen molar-refractivity contribution in [3.8, 4) is 0 Å². The van der Waals surface area contributed by atoms with Gasteiger partial charge >= 0.3 is 5.97 Å². The van der Waals surface area contributed by atoms with Crippen LogP contribution in [0.3, 0.4) is 0 Å². The van der Waals surface area contributed by atoms with Gasteiger partial charge in [0.25, 0.3) is 0 Å². The molecule has 0 saturated heterocycles. The van der Waals surface area contributed by atoms with E-state index in [-0.39, 0.29) is 18.4 Å². The van der Waals surface area contributed by atoms with Crippen LogP contribution >= 0.6 is 23.2 Å². The van der Waals surface area contributed by atoms with Crippen molar-refractivity contribution in [2.24, 2.45) is 17.3 Å². The molecule has 0 bridgehead atoms. The highest BCUT2D eigenvalue weighted by molar-refractivity contribution is 6.54. The molecule has 1 aliphatic carbocycles. The fraction of sp³-hybridized carbons (Fsp3) is 0.467. The van der Waals surface area contributed by atoms with Crippen molar-refractivity contribution < 1.29 is 14.3 Å². The summed E-state index contributed by atoms with van der Waals surface area (Å²) >= 11 is 11.2. The number of hydrogen-bond acceptors (Lipinski definition) is 3. The lowest BCUT2D eigenvalue weighted by atomic mass is 10.1. The first kappa shape index (κ1) is 15.3. The van der Waals surface area contributed by atoms with Crippen molar-refractivity contribution in [1.29, 1.82) is 0 Å². The van der Waals surface area contributed by atoms with Gasteiger partial charge in [0.05, 0.1) is 5.92 Å². The summed E-state index contributed by atoms with van der Waals surface area (Å²) in [6, 6.07) is 9.40. The third-order valence-electron chi connectivity index (χ3n) is 3.83. The highest BCUT2D eigenvalue weighted by Gasteiger charge is 2.66. The number of carbonyl (C=O) groups is 2. The molecule has 0 unspecified atom stereocenters. The number of ketones is 1. The van der Waals surface area contributed by atoms with Gasteiger partial charge in [-0.1, -0.05) is 67.4 Å². The van der Waals surface area contributed by atoms with Crippen molar-refractivity contribution in [2.45, 2.75) is 25.3 Å². The van der Waals surface area contributed by atoms with Crippen molar-refractivity contribution in [2.75, 3.05) is 0 Å². The number of hydrogen-bond donors (Lipinski definition) is 0. The van der Waals surface area contributed by atoms with Crippen LogP contribution in [0.1, 0.15) is 19.4 Å². The Morgan fingerprint density at radius 2 is 1.80 bits per heavy atom. The van der Waals surface area contributed by atoms with Crippen molar-refractivity contribution in [3.63, 3.8) is 0 Å². The van der Waals surface area contributed by atoms with Crippen LogP contribution < -0.4 is 0 Å². The van der Waals surface area contributed by atoms with E-state index in [1.807, 2.05) is 44.2 Å². The van der Waals surface area contributed by atoms with Gasteiger partial charge in [0, 0.05) is 5.92 Å². The number of esters is 1. The summed E-state index contributed by atoms with van der Waals surface area (Å²) in [5.41, 5.74) is 0.474. The number of benzene rings is 1. The number of alkyl halides is 2. The lowest BCUT2D eigenvalue weighted by Crippen LogP contribution is -2.16. The van der Waals surface area contributed by atoms with E-state index in [2.05, 4.69) is 0 Å². The summed E-state index contributed by atoms with van der Waals surface area (Å²) in [5, 5.41) is 0. The third kappa shape index (κ3) is 2.99. The van der Waals surface area contributed by atoms with Gasteiger partial charge in [0.15, 0.2) is 10.6 Å². The number of carbonyl (C=O) groups excluding carboxylic acids is 2. The highest BCUT2D eigenvalue weighted by atomic mass is 35.5. The Labute approximate surface area is 128 Å². The average molecular weight is 315 g/mol. The Kier molecular flexibility index (Phi) is 4.40. The second kappa shape index (κ2) is 5.74. The summed E-state index contributed by atoms with van der Waals surface area (Å²) in [6.45, 7) is 3.90. The minimum atomic E-state index is -1.09. The predicted molar refractivity (Wildman–Crippen MR) is 77.5 cm³/mol. The van der Waals surface area contributed by atoms with E-state index in [9.17, 15) is 9.59 Å². The molecule has 0 heterocycles. The van der Waals surface area contributed by atoms with E-state index in [1.165, 1.54) is 0 Å². The minimum Gasteiger partial charge on any atom is -0.461 e. The number of Topliss-reactive ketones (excluding diaryl/α,β-unsaturated/α-hetero) is 1. The molecule has 3 nitrogen and oxygen atoms in total. The van der Waals surface area contributed by atoms with Gasteiger partial charge in [-0.2, -0.15) is 0 Å². The number of ether oxygens (including phenoxy) is 1. The van der Waals surface area contributed by atoms with Crippen molar-refractivity contribution in [1.82, 2.24) is 0 Å². The Hall–Kier alpha value is -1.06. The van der Waals surface area contributed by atoms with Gasteiger partial charge in [0.2, 0.25) is 0 Å². The molecule has 5 heteroatoms. The molecule has 0 spiro atoms. The predicted octanol–water partition coefficient (Wildman–Crippen LogP) is 3.37. The molecule has 0 N–H and O–H groups in total. The molecule has 108 valence electrons. The van der Waals surface area contributed by atoms with Crippen LogP contribution in [0.4, 0.5) is 0 Å². The van der Waals surface area contributed by atoms with E-state index < -0.39 is 22.1 Å². The molecule has 1 saturated carbocycles. The van der Waals surface area contributed by atoms with E-state index in [0.717, 1.165) is 5.56 Å². The molecular formula is C15H16Cl2O3. The van der Waals surface area contributed by atoms with Crippen molar-refractivity contribution in [3.05, 3.63) is 35.9 Å². The van der Waals surface area contributed by atoms with Gasteiger partial charge in [-0.15, -0.1) is 0 Å². The van der Waals surface area contributed by atoms with Crippen LogP contribution in [0.2, 0.25) is 0 Å². The Morgan fingerprint density at radius 3 is 2.35 bits per heavy atom. The number of halogens is 2. The van der Waals surface area contributed by atoms with Crippen LogP contribution in [-0.4, -0.2) is 16.6 Å². The second-order valence-corrected chi connectivity index (χ2v) is 6.67. The monoisotopic (exact) mass is 314 g/mol. The molecule has 0 aliphatic heterocycles. The summed E-state index contributed by atoms with van der Waals surface area (Å²) < 4.78 is 5.27. The molecule has 2 rings (SSSR count). The van der Waals surface area contributed by atoms with Gasteiger partial charge in [-0.25, -0.2) is 0 Å². The first-order valence-corrected chi connectivity index (χ1v) is 7.25. The summed E-state index contributed by atoms with van der Waals surface area (Å²) in [4.78, 5) is 22.8. The standard InChI is InChI=1S/C15H16Cl2O3/c1-15(2)10(12(18)13(16)17)11(15)14(19)20-8-9-6-4-3-5-7-9/h3-7,10-11,13H,8H2,1-2H3/t10-,11-/m1/s1. The molecule has 1 fully saturated rings. The van der Waals surface area contributed by atoms with Crippen LogP contribution in [0, 0.1) is 17.3 Å². The van der Waals surface area contributed by atoms with E-state index >= 15 is 0 Å². The van der Waals surface area contributed by atoms with Crippen LogP contribution in [0.15, 0.2) is 30.3 Å². The van der Waals surface area contributed by atoms with E-state index in [1.54, 1.807) is 0 Å².